The molecule has 0 amide bonds. The molecule has 0 N–H and O–H groups in total. The standard InChI is InChI=1S/C28H28O7/c1-17(20-8-11-23-24(15-20)35-16-34-23)22(27(29)19-6-9-21(30-2)10-7-19)12-18-13-25(31-3)28(33-5)26(14-18)32-4/h6-11,13-15H,12,16H2,1-5H3. The van der Waals surface area contributed by atoms with E-state index in [2.05, 4.69) is 0 Å². The lowest BCUT2D eigenvalue weighted by molar-refractivity contribution is 0.103. The van der Waals surface area contributed by atoms with Gasteiger partial charge < -0.3 is 28.4 Å². The highest BCUT2D eigenvalue weighted by molar-refractivity contribution is 6.13. The van der Waals surface area contributed by atoms with E-state index in [0.717, 1.165) is 16.7 Å². The first-order valence-corrected chi connectivity index (χ1v) is 11.1. The highest BCUT2D eigenvalue weighted by Crippen LogP contribution is 2.40. The van der Waals surface area contributed by atoms with E-state index < -0.39 is 0 Å². The first-order chi connectivity index (χ1) is 17.0. The molecule has 7 nitrogen and oxygen atoms in total. The molecule has 3 aromatic carbocycles. The number of hydrogen-bond donors (Lipinski definition) is 0. The fraction of sp³-hybridized carbons (Fsp3) is 0.250. The summed E-state index contributed by atoms with van der Waals surface area (Å²) in [5.74, 6) is 3.50. The zero-order valence-electron chi connectivity index (χ0n) is 20.5. The Balaban J connectivity index is 1.81. The molecule has 0 bridgehead atoms. The lowest BCUT2D eigenvalue weighted by atomic mass is 9.90. The van der Waals surface area contributed by atoms with Gasteiger partial charge in [-0.05, 0) is 72.2 Å². The molecule has 0 fully saturated rings. The Morgan fingerprint density at radius 1 is 0.771 bits per heavy atom. The molecule has 7 heteroatoms. The van der Waals surface area contributed by atoms with Crippen LogP contribution in [0, 0.1) is 0 Å². The molecule has 1 heterocycles. The summed E-state index contributed by atoms with van der Waals surface area (Å²) in [6.07, 6.45) is 0.349. The zero-order chi connectivity index (χ0) is 24.9. The van der Waals surface area contributed by atoms with Crippen molar-refractivity contribution in [3.8, 4) is 34.5 Å². The predicted molar refractivity (Wildman–Crippen MR) is 132 cm³/mol. The van der Waals surface area contributed by atoms with Gasteiger partial charge in [-0.2, -0.15) is 0 Å². The predicted octanol–water partition coefficient (Wildman–Crippen LogP) is 5.35. The summed E-state index contributed by atoms with van der Waals surface area (Å²) in [6, 6.07) is 16.5. The van der Waals surface area contributed by atoms with Crippen LogP contribution in [-0.4, -0.2) is 41.0 Å². The Morgan fingerprint density at radius 2 is 1.40 bits per heavy atom. The fourth-order valence-corrected chi connectivity index (χ4v) is 4.05. The van der Waals surface area contributed by atoms with Gasteiger partial charge in [-0.25, -0.2) is 0 Å². The molecule has 182 valence electrons. The normalized spacial score (nSPS) is 12.6. The Morgan fingerprint density at radius 3 is 2.00 bits per heavy atom. The molecular formula is C28H28O7. The van der Waals surface area contributed by atoms with Crippen LogP contribution >= 0.6 is 0 Å². The molecule has 3 aromatic rings. The van der Waals surface area contributed by atoms with Crippen LogP contribution in [0.15, 0.2) is 60.2 Å². The first kappa shape index (κ1) is 24.0. The summed E-state index contributed by atoms with van der Waals surface area (Å²) < 4.78 is 32.7. The van der Waals surface area contributed by atoms with Crippen molar-refractivity contribution in [1.29, 1.82) is 0 Å². The van der Waals surface area contributed by atoms with Crippen molar-refractivity contribution in [2.75, 3.05) is 35.2 Å². The average Bonchev–Trinajstić information content (AvgIpc) is 3.38. The van der Waals surface area contributed by atoms with Crippen LogP contribution in [0.2, 0.25) is 0 Å². The number of benzene rings is 3. The van der Waals surface area contributed by atoms with E-state index in [9.17, 15) is 4.79 Å². The molecule has 0 saturated heterocycles. The summed E-state index contributed by atoms with van der Waals surface area (Å²) in [7, 11) is 6.29. The molecule has 0 unspecified atom stereocenters. The SMILES string of the molecule is COc1ccc(C(=O)C(Cc2cc(OC)c(OC)c(OC)c2)=C(C)c2ccc3c(c2)OCO3)cc1. The van der Waals surface area contributed by atoms with Crippen LogP contribution in [0.1, 0.15) is 28.4 Å². The van der Waals surface area contributed by atoms with Crippen molar-refractivity contribution in [3.63, 3.8) is 0 Å². The highest BCUT2D eigenvalue weighted by Gasteiger charge is 2.21. The second-order valence-electron chi connectivity index (χ2n) is 7.94. The second kappa shape index (κ2) is 10.4. The maximum absolute atomic E-state index is 13.8. The van der Waals surface area contributed by atoms with Gasteiger partial charge in [-0.3, -0.25) is 4.79 Å². The Kier molecular flexibility index (Phi) is 7.15. The number of ether oxygens (including phenoxy) is 6. The number of allylic oxidation sites excluding steroid dienone is 2. The van der Waals surface area contributed by atoms with Crippen LogP contribution < -0.4 is 28.4 Å². The Bertz CT molecular complexity index is 1230. The van der Waals surface area contributed by atoms with Gasteiger partial charge in [0.1, 0.15) is 5.75 Å². The maximum atomic E-state index is 13.8. The van der Waals surface area contributed by atoms with Gasteiger partial charge in [0.15, 0.2) is 28.8 Å². The molecule has 35 heavy (non-hydrogen) atoms. The van der Waals surface area contributed by atoms with E-state index in [1.165, 1.54) is 0 Å². The zero-order valence-corrected chi connectivity index (χ0v) is 20.5. The summed E-state index contributed by atoms with van der Waals surface area (Å²) in [5.41, 5.74) is 3.74. The molecule has 4 rings (SSSR count). The van der Waals surface area contributed by atoms with Crippen molar-refractivity contribution in [3.05, 3.63) is 76.9 Å². The van der Waals surface area contributed by atoms with Crippen molar-refractivity contribution >= 4 is 11.4 Å². The molecule has 0 saturated carbocycles. The van der Waals surface area contributed by atoms with Crippen LogP contribution in [0.4, 0.5) is 0 Å². The topological polar surface area (TPSA) is 72.5 Å². The largest absolute Gasteiger partial charge is 0.497 e. The number of methoxy groups -OCH3 is 4. The minimum atomic E-state index is -0.0865. The van der Waals surface area contributed by atoms with Crippen LogP contribution in [0.3, 0.4) is 0 Å². The third-order valence-electron chi connectivity index (χ3n) is 5.99. The highest BCUT2D eigenvalue weighted by atomic mass is 16.7. The summed E-state index contributed by atoms with van der Waals surface area (Å²) in [4.78, 5) is 13.8. The summed E-state index contributed by atoms with van der Waals surface area (Å²) in [6.45, 7) is 2.12. The van der Waals surface area contributed by atoms with E-state index in [1.807, 2.05) is 37.3 Å². The van der Waals surface area contributed by atoms with Gasteiger partial charge in [0.2, 0.25) is 12.5 Å². The number of fused-ring (bicyclic) bond motifs is 1. The van der Waals surface area contributed by atoms with E-state index in [1.54, 1.807) is 52.7 Å². The number of rotatable bonds is 9. The second-order valence-corrected chi connectivity index (χ2v) is 7.94. The minimum Gasteiger partial charge on any atom is -0.497 e. The lowest BCUT2D eigenvalue weighted by Crippen LogP contribution is -2.09. The molecule has 1 aliphatic rings. The molecule has 1 aliphatic heterocycles. The van der Waals surface area contributed by atoms with Gasteiger partial charge in [0, 0.05) is 17.6 Å². The maximum Gasteiger partial charge on any atom is 0.231 e. The average molecular weight is 477 g/mol. The molecule has 0 aliphatic carbocycles. The van der Waals surface area contributed by atoms with E-state index in [-0.39, 0.29) is 12.6 Å². The van der Waals surface area contributed by atoms with Gasteiger partial charge in [0.05, 0.1) is 28.4 Å². The molecule has 0 aromatic heterocycles. The van der Waals surface area contributed by atoms with Crippen molar-refractivity contribution < 1.29 is 33.2 Å². The van der Waals surface area contributed by atoms with E-state index in [4.69, 9.17) is 28.4 Å². The van der Waals surface area contributed by atoms with Crippen molar-refractivity contribution in [2.24, 2.45) is 0 Å². The van der Waals surface area contributed by atoms with Gasteiger partial charge in [-0.15, -0.1) is 0 Å². The Hall–Kier alpha value is -4.13. The molecule has 0 spiro atoms. The van der Waals surface area contributed by atoms with Gasteiger partial charge in [-0.1, -0.05) is 6.07 Å². The summed E-state index contributed by atoms with van der Waals surface area (Å²) >= 11 is 0. The molecule has 0 atom stereocenters. The van der Waals surface area contributed by atoms with Gasteiger partial charge in [0.25, 0.3) is 0 Å². The van der Waals surface area contributed by atoms with Crippen LogP contribution in [0.25, 0.3) is 5.57 Å². The van der Waals surface area contributed by atoms with Gasteiger partial charge >= 0.3 is 0 Å². The van der Waals surface area contributed by atoms with Crippen molar-refractivity contribution in [2.45, 2.75) is 13.3 Å². The van der Waals surface area contributed by atoms with E-state index >= 15 is 0 Å². The fourth-order valence-electron chi connectivity index (χ4n) is 4.05. The monoisotopic (exact) mass is 476 g/mol. The number of ketones is 1. The number of hydrogen-bond acceptors (Lipinski definition) is 7. The molecule has 0 radical (unpaired) electrons. The Labute approximate surface area is 204 Å². The summed E-state index contributed by atoms with van der Waals surface area (Å²) in [5, 5.41) is 0. The van der Waals surface area contributed by atoms with Crippen LogP contribution in [-0.2, 0) is 6.42 Å². The quantitative estimate of drug-likeness (QED) is 0.305. The number of carbonyl (C=O) groups is 1. The third kappa shape index (κ3) is 4.89. The first-order valence-electron chi connectivity index (χ1n) is 11.1. The number of Topliss-reactive ketones (excluding diaryl/α,β-unsaturated/α-hetero) is 1. The lowest BCUT2D eigenvalue weighted by Gasteiger charge is -2.17. The van der Waals surface area contributed by atoms with Crippen LogP contribution in [0.5, 0.6) is 34.5 Å². The molecular weight excluding hydrogens is 448 g/mol. The van der Waals surface area contributed by atoms with E-state index in [0.29, 0.717) is 52.1 Å². The van der Waals surface area contributed by atoms with Crippen molar-refractivity contribution in [1.82, 2.24) is 0 Å². The smallest absolute Gasteiger partial charge is 0.231 e. The minimum absolute atomic E-state index is 0.0865. The third-order valence-corrected chi connectivity index (χ3v) is 5.99. The number of carbonyl (C=O) groups excluding carboxylic acids is 1.